The molecule has 0 spiro atoms. The summed E-state index contributed by atoms with van der Waals surface area (Å²) in [6.07, 6.45) is 2.24. The van der Waals surface area contributed by atoms with Gasteiger partial charge in [-0.1, -0.05) is 19.4 Å². The second-order valence-electron chi connectivity index (χ2n) is 5.43. The summed E-state index contributed by atoms with van der Waals surface area (Å²) in [5.41, 5.74) is 1.03. The standard InChI is InChI=1S/C18H30N4O3.HI/c1-5-7-10-21-18(19-3)22-12-14-8-9-15(16(11-14)24-4)25-13-17(23)20-6-2;/h8-9,11H,5-7,10,12-13H2,1-4H3,(H,20,23)(H2,19,21,22);1H. The highest BCUT2D eigenvalue weighted by molar-refractivity contribution is 14.0. The zero-order chi connectivity index (χ0) is 18.5. The molecule has 1 aromatic carbocycles. The zero-order valence-electron chi connectivity index (χ0n) is 16.1. The average Bonchev–Trinajstić information content (AvgIpc) is 2.63. The van der Waals surface area contributed by atoms with Crippen LogP contribution in [0.5, 0.6) is 11.5 Å². The largest absolute Gasteiger partial charge is 0.493 e. The van der Waals surface area contributed by atoms with Gasteiger partial charge in [0.15, 0.2) is 24.1 Å². The number of likely N-dealkylation sites (N-methyl/N-ethyl adjacent to an activating group) is 1. The van der Waals surface area contributed by atoms with Crippen LogP contribution in [0.25, 0.3) is 0 Å². The van der Waals surface area contributed by atoms with E-state index in [1.54, 1.807) is 14.2 Å². The number of guanidine groups is 1. The van der Waals surface area contributed by atoms with Gasteiger partial charge in [0.1, 0.15) is 0 Å². The Kier molecular flexibility index (Phi) is 13.5. The number of rotatable bonds is 10. The van der Waals surface area contributed by atoms with E-state index in [-0.39, 0.29) is 36.5 Å². The fourth-order valence-corrected chi connectivity index (χ4v) is 2.12. The van der Waals surface area contributed by atoms with E-state index in [9.17, 15) is 4.79 Å². The van der Waals surface area contributed by atoms with E-state index < -0.39 is 0 Å². The molecule has 7 nitrogen and oxygen atoms in total. The molecule has 0 saturated carbocycles. The molecule has 0 aromatic heterocycles. The minimum Gasteiger partial charge on any atom is -0.493 e. The second kappa shape index (κ2) is 14.5. The molecule has 1 aromatic rings. The highest BCUT2D eigenvalue weighted by Gasteiger charge is 2.08. The maximum atomic E-state index is 11.5. The smallest absolute Gasteiger partial charge is 0.257 e. The van der Waals surface area contributed by atoms with Gasteiger partial charge >= 0.3 is 0 Å². The minimum absolute atomic E-state index is 0. The lowest BCUT2D eigenvalue weighted by Crippen LogP contribution is -2.37. The maximum Gasteiger partial charge on any atom is 0.257 e. The molecule has 1 rings (SSSR count). The molecule has 0 fully saturated rings. The Hall–Kier alpha value is -1.71. The van der Waals surface area contributed by atoms with Gasteiger partial charge in [-0.3, -0.25) is 9.79 Å². The third kappa shape index (κ3) is 9.12. The summed E-state index contributed by atoms with van der Waals surface area (Å²) in [7, 11) is 3.33. The molecule has 0 radical (unpaired) electrons. The lowest BCUT2D eigenvalue weighted by molar-refractivity contribution is -0.123. The van der Waals surface area contributed by atoms with Crippen LogP contribution < -0.4 is 25.4 Å². The molecule has 0 bridgehead atoms. The van der Waals surface area contributed by atoms with Crippen LogP contribution in [0, 0.1) is 0 Å². The number of halogens is 1. The van der Waals surface area contributed by atoms with E-state index in [0.29, 0.717) is 24.6 Å². The van der Waals surface area contributed by atoms with Crippen molar-refractivity contribution < 1.29 is 14.3 Å². The number of benzene rings is 1. The van der Waals surface area contributed by atoms with E-state index in [2.05, 4.69) is 27.9 Å². The Morgan fingerprint density at radius 2 is 1.92 bits per heavy atom. The highest BCUT2D eigenvalue weighted by Crippen LogP contribution is 2.27. The number of carbonyl (C=O) groups excluding carboxylic acids is 1. The number of unbranched alkanes of at least 4 members (excludes halogenated alkanes) is 1. The van der Waals surface area contributed by atoms with Gasteiger partial charge < -0.3 is 25.4 Å². The topological polar surface area (TPSA) is 84.0 Å². The fourth-order valence-electron chi connectivity index (χ4n) is 2.12. The fraction of sp³-hybridized carbons (Fsp3) is 0.556. The van der Waals surface area contributed by atoms with E-state index >= 15 is 0 Å². The predicted molar refractivity (Wildman–Crippen MR) is 116 cm³/mol. The zero-order valence-corrected chi connectivity index (χ0v) is 18.4. The van der Waals surface area contributed by atoms with E-state index in [1.807, 2.05) is 25.1 Å². The van der Waals surface area contributed by atoms with Gasteiger partial charge in [0.25, 0.3) is 5.91 Å². The first-order valence-corrected chi connectivity index (χ1v) is 8.65. The van der Waals surface area contributed by atoms with Crippen molar-refractivity contribution in [2.75, 3.05) is 33.9 Å². The molecular formula is C18H31IN4O3. The van der Waals surface area contributed by atoms with Crippen molar-refractivity contribution in [3.63, 3.8) is 0 Å². The molecular weight excluding hydrogens is 447 g/mol. The molecule has 0 atom stereocenters. The number of ether oxygens (including phenoxy) is 2. The molecule has 8 heteroatoms. The third-order valence-electron chi connectivity index (χ3n) is 3.47. The maximum absolute atomic E-state index is 11.5. The lowest BCUT2D eigenvalue weighted by Gasteiger charge is -2.14. The Morgan fingerprint density at radius 3 is 2.54 bits per heavy atom. The first-order valence-electron chi connectivity index (χ1n) is 8.65. The summed E-state index contributed by atoms with van der Waals surface area (Å²) in [6.45, 7) is 6.07. The van der Waals surface area contributed by atoms with Crippen molar-refractivity contribution in [2.24, 2.45) is 4.99 Å². The average molecular weight is 478 g/mol. The molecule has 3 N–H and O–H groups in total. The van der Waals surface area contributed by atoms with Crippen LogP contribution in [0.1, 0.15) is 32.3 Å². The molecule has 1 amide bonds. The molecule has 0 saturated heterocycles. The van der Waals surface area contributed by atoms with Gasteiger partial charge in [-0.05, 0) is 31.0 Å². The van der Waals surface area contributed by atoms with Crippen molar-refractivity contribution in [1.29, 1.82) is 0 Å². The lowest BCUT2D eigenvalue weighted by atomic mass is 10.2. The van der Waals surface area contributed by atoms with Crippen LogP contribution in [0.4, 0.5) is 0 Å². The minimum atomic E-state index is -0.155. The number of amides is 1. The number of hydrogen-bond donors (Lipinski definition) is 3. The van der Waals surface area contributed by atoms with Gasteiger partial charge in [-0.15, -0.1) is 24.0 Å². The van der Waals surface area contributed by atoms with E-state index in [0.717, 1.165) is 30.9 Å². The van der Waals surface area contributed by atoms with Crippen LogP contribution >= 0.6 is 24.0 Å². The van der Waals surface area contributed by atoms with Crippen LogP contribution in [0.2, 0.25) is 0 Å². The number of hydrogen-bond acceptors (Lipinski definition) is 4. The summed E-state index contributed by atoms with van der Waals surface area (Å²) in [6, 6.07) is 5.63. The van der Waals surface area contributed by atoms with Crippen molar-refractivity contribution in [1.82, 2.24) is 16.0 Å². The summed E-state index contributed by atoms with van der Waals surface area (Å²) < 4.78 is 10.9. The van der Waals surface area contributed by atoms with Gasteiger partial charge in [0.05, 0.1) is 7.11 Å². The Balaban J connectivity index is 0.00000625. The van der Waals surface area contributed by atoms with Crippen molar-refractivity contribution in [3.8, 4) is 11.5 Å². The van der Waals surface area contributed by atoms with Crippen molar-refractivity contribution >= 4 is 35.8 Å². The van der Waals surface area contributed by atoms with E-state index in [4.69, 9.17) is 9.47 Å². The molecule has 148 valence electrons. The Morgan fingerprint density at radius 1 is 1.15 bits per heavy atom. The van der Waals surface area contributed by atoms with Gasteiger partial charge in [-0.2, -0.15) is 0 Å². The molecule has 0 unspecified atom stereocenters. The second-order valence-corrected chi connectivity index (χ2v) is 5.43. The SMILES string of the molecule is CCCCNC(=NC)NCc1ccc(OCC(=O)NCC)c(OC)c1.I. The number of carbonyl (C=O) groups is 1. The monoisotopic (exact) mass is 478 g/mol. The van der Waals surface area contributed by atoms with Gasteiger partial charge in [0.2, 0.25) is 0 Å². The number of nitrogens with one attached hydrogen (secondary N) is 3. The Bertz CT molecular complexity index is 567. The number of nitrogens with zero attached hydrogens (tertiary/aromatic N) is 1. The predicted octanol–water partition coefficient (Wildman–Crippen LogP) is 2.29. The molecule has 0 heterocycles. The molecule has 0 aliphatic carbocycles. The quantitative estimate of drug-likeness (QED) is 0.208. The third-order valence-corrected chi connectivity index (χ3v) is 3.47. The molecule has 0 aliphatic heterocycles. The van der Waals surface area contributed by atoms with Crippen LogP contribution in [0.3, 0.4) is 0 Å². The summed E-state index contributed by atoms with van der Waals surface area (Å²) >= 11 is 0. The Labute approximate surface area is 173 Å². The summed E-state index contributed by atoms with van der Waals surface area (Å²) in [4.78, 5) is 15.7. The van der Waals surface area contributed by atoms with Crippen molar-refractivity contribution in [3.05, 3.63) is 23.8 Å². The van der Waals surface area contributed by atoms with Gasteiger partial charge in [-0.25, -0.2) is 0 Å². The van der Waals surface area contributed by atoms with E-state index in [1.165, 1.54) is 0 Å². The first-order chi connectivity index (χ1) is 12.1. The normalized spacial score (nSPS) is 10.5. The summed E-state index contributed by atoms with van der Waals surface area (Å²) in [5, 5.41) is 9.21. The van der Waals surface area contributed by atoms with Crippen LogP contribution in [-0.2, 0) is 11.3 Å². The first kappa shape index (κ1) is 24.3. The van der Waals surface area contributed by atoms with Crippen LogP contribution in [0.15, 0.2) is 23.2 Å². The van der Waals surface area contributed by atoms with Crippen molar-refractivity contribution in [2.45, 2.75) is 33.2 Å². The molecule has 0 aliphatic rings. The number of methoxy groups -OCH3 is 1. The highest BCUT2D eigenvalue weighted by atomic mass is 127. The van der Waals surface area contributed by atoms with Gasteiger partial charge in [0, 0.05) is 26.7 Å². The van der Waals surface area contributed by atoms with Crippen LogP contribution in [-0.4, -0.2) is 45.7 Å². The molecule has 26 heavy (non-hydrogen) atoms. The number of aliphatic imine (C=N–C) groups is 1. The summed E-state index contributed by atoms with van der Waals surface area (Å²) in [5.74, 6) is 1.75.